The van der Waals surface area contributed by atoms with Crippen molar-refractivity contribution in [3.05, 3.63) is 34.7 Å². The van der Waals surface area contributed by atoms with E-state index in [1.165, 1.54) is 12.6 Å². The molecule has 2 N–H and O–H groups in total. The lowest BCUT2D eigenvalue weighted by Gasteiger charge is -2.39. The molecule has 0 unspecified atom stereocenters. The number of halogens is 1. The number of fused-ring (bicyclic) bond motifs is 1. The van der Waals surface area contributed by atoms with E-state index >= 15 is 0 Å². The Balaban J connectivity index is 1.94. The molecule has 0 radical (unpaired) electrons. The predicted octanol–water partition coefficient (Wildman–Crippen LogP) is 2.72. The van der Waals surface area contributed by atoms with Crippen molar-refractivity contribution in [2.24, 2.45) is 0 Å². The second kappa shape index (κ2) is 4.75. The fourth-order valence-electron chi connectivity index (χ4n) is 2.57. The fraction of sp³-hybridized carbons (Fsp3) is 0.429. The van der Waals surface area contributed by atoms with Crippen molar-refractivity contribution in [2.45, 2.75) is 38.3 Å². The molecule has 2 heterocycles. The maximum absolute atomic E-state index is 11.3. The Hall–Kier alpha value is -1.59. The summed E-state index contributed by atoms with van der Waals surface area (Å²) in [6.07, 6.45) is 6.87. The first kappa shape index (κ1) is 13.4. The van der Waals surface area contributed by atoms with Crippen molar-refractivity contribution in [1.29, 1.82) is 0 Å². The predicted molar refractivity (Wildman–Crippen MR) is 76.3 cm³/mol. The minimum atomic E-state index is -0.992. The molecule has 1 saturated carbocycles. The molecule has 1 aliphatic carbocycles. The summed E-state index contributed by atoms with van der Waals surface area (Å²) in [5.74, 6) is -0.992. The molecule has 0 atom stereocenters. The van der Waals surface area contributed by atoms with Crippen molar-refractivity contribution in [3.63, 3.8) is 0 Å². The van der Waals surface area contributed by atoms with Crippen molar-refractivity contribution >= 4 is 23.2 Å². The number of aromatic carboxylic acids is 1. The highest BCUT2D eigenvalue weighted by Gasteiger charge is 2.30. The maximum atomic E-state index is 11.3. The second-order valence-corrected chi connectivity index (χ2v) is 6.00. The molecule has 106 valence electrons. The van der Waals surface area contributed by atoms with Crippen LogP contribution in [0.5, 0.6) is 0 Å². The number of nitrogens with zero attached hydrogens (tertiary/aromatic N) is 2. The Morgan fingerprint density at radius 3 is 2.95 bits per heavy atom. The molecule has 2 aromatic heterocycles. The zero-order chi connectivity index (χ0) is 14.3. The summed E-state index contributed by atoms with van der Waals surface area (Å²) in [6, 6.07) is 1.66. The Morgan fingerprint density at radius 2 is 2.35 bits per heavy atom. The van der Waals surface area contributed by atoms with Crippen LogP contribution >= 0.6 is 11.6 Å². The molecule has 0 aromatic carbocycles. The third-order valence-electron chi connectivity index (χ3n) is 4.02. The van der Waals surface area contributed by atoms with Gasteiger partial charge in [-0.3, -0.25) is 4.40 Å². The highest BCUT2D eigenvalue weighted by Crippen LogP contribution is 2.31. The standard InChI is InChI=1S/C14H16ClN3O2/c1-14(3-2-4-14)17-6-9-5-10(13(19)20)12-16-7-11(15)18(12)8-9/h5,7-8,17H,2-4,6H2,1H3,(H,19,20). The van der Waals surface area contributed by atoms with Crippen LogP contribution in [-0.2, 0) is 6.54 Å². The number of aromatic nitrogens is 2. The molecule has 0 saturated heterocycles. The summed E-state index contributed by atoms with van der Waals surface area (Å²) in [6.45, 7) is 2.82. The third kappa shape index (κ3) is 2.27. The van der Waals surface area contributed by atoms with Gasteiger partial charge < -0.3 is 10.4 Å². The molecular formula is C14H16ClN3O2. The van der Waals surface area contributed by atoms with Crippen molar-refractivity contribution in [2.75, 3.05) is 0 Å². The molecule has 0 spiro atoms. The van der Waals surface area contributed by atoms with Gasteiger partial charge in [-0.2, -0.15) is 0 Å². The summed E-state index contributed by atoms with van der Waals surface area (Å²) in [7, 11) is 0. The maximum Gasteiger partial charge on any atom is 0.339 e. The SMILES string of the molecule is CC1(NCc2cc(C(=O)O)c3ncc(Cl)n3c2)CCC1. The smallest absolute Gasteiger partial charge is 0.339 e. The van der Waals surface area contributed by atoms with Crippen LogP contribution in [0.15, 0.2) is 18.5 Å². The average Bonchev–Trinajstić information content (AvgIpc) is 2.75. The molecule has 5 nitrogen and oxygen atoms in total. The van der Waals surface area contributed by atoms with E-state index in [0.29, 0.717) is 17.3 Å². The fourth-order valence-corrected chi connectivity index (χ4v) is 2.75. The molecule has 6 heteroatoms. The summed E-state index contributed by atoms with van der Waals surface area (Å²) in [4.78, 5) is 15.4. The lowest BCUT2D eigenvalue weighted by molar-refractivity contribution is 0.0698. The normalized spacial score (nSPS) is 17.1. The Morgan fingerprint density at radius 1 is 1.60 bits per heavy atom. The monoisotopic (exact) mass is 293 g/mol. The van der Waals surface area contributed by atoms with Crippen molar-refractivity contribution in [3.8, 4) is 0 Å². The minimum absolute atomic E-state index is 0.176. The average molecular weight is 294 g/mol. The van der Waals surface area contributed by atoms with Crippen LogP contribution in [-0.4, -0.2) is 26.0 Å². The van der Waals surface area contributed by atoms with E-state index in [1.54, 1.807) is 10.5 Å². The number of hydrogen-bond donors (Lipinski definition) is 2. The summed E-state index contributed by atoms with van der Waals surface area (Å²) < 4.78 is 1.62. The van der Waals surface area contributed by atoms with Gasteiger partial charge in [0, 0.05) is 18.3 Å². The number of rotatable bonds is 4. The second-order valence-electron chi connectivity index (χ2n) is 5.61. The Kier molecular flexibility index (Phi) is 3.18. The van der Waals surface area contributed by atoms with Gasteiger partial charge in [0.25, 0.3) is 0 Å². The van der Waals surface area contributed by atoms with Gasteiger partial charge in [0.15, 0.2) is 5.65 Å². The van der Waals surface area contributed by atoms with E-state index in [4.69, 9.17) is 11.6 Å². The van der Waals surface area contributed by atoms with Gasteiger partial charge in [0.1, 0.15) is 10.7 Å². The van der Waals surface area contributed by atoms with Gasteiger partial charge >= 0.3 is 5.97 Å². The number of nitrogens with one attached hydrogen (secondary N) is 1. The lowest BCUT2D eigenvalue weighted by atomic mass is 9.78. The first-order chi connectivity index (χ1) is 9.48. The van der Waals surface area contributed by atoms with Crippen LogP contribution in [0.1, 0.15) is 42.1 Å². The first-order valence-corrected chi connectivity index (χ1v) is 7.00. The molecule has 1 aliphatic rings. The van der Waals surface area contributed by atoms with Crippen LogP contribution < -0.4 is 5.32 Å². The van der Waals surface area contributed by atoms with E-state index in [-0.39, 0.29) is 11.1 Å². The van der Waals surface area contributed by atoms with Crippen LogP contribution in [0.2, 0.25) is 5.15 Å². The van der Waals surface area contributed by atoms with E-state index in [0.717, 1.165) is 18.4 Å². The molecule has 2 aromatic rings. The van der Waals surface area contributed by atoms with E-state index in [9.17, 15) is 9.90 Å². The Labute approximate surface area is 121 Å². The Bertz CT molecular complexity index is 676. The van der Waals surface area contributed by atoms with E-state index in [1.807, 2.05) is 6.20 Å². The van der Waals surface area contributed by atoms with Gasteiger partial charge in [0.2, 0.25) is 0 Å². The number of hydrogen-bond acceptors (Lipinski definition) is 3. The minimum Gasteiger partial charge on any atom is -0.478 e. The number of imidazole rings is 1. The van der Waals surface area contributed by atoms with Crippen LogP contribution in [0.25, 0.3) is 5.65 Å². The zero-order valence-electron chi connectivity index (χ0n) is 11.2. The van der Waals surface area contributed by atoms with Crippen LogP contribution in [0.3, 0.4) is 0 Å². The van der Waals surface area contributed by atoms with Gasteiger partial charge in [0.05, 0.1) is 6.20 Å². The number of carbonyl (C=O) groups is 1. The largest absolute Gasteiger partial charge is 0.478 e. The highest BCUT2D eigenvalue weighted by molar-refractivity contribution is 6.29. The van der Waals surface area contributed by atoms with Crippen molar-refractivity contribution in [1.82, 2.24) is 14.7 Å². The highest BCUT2D eigenvalue weighted by atomic mass is 35.5. The number of carboxylic acids is 1. The number of pyridine rings is 1. The quantitative estimate of drug-likeness (QED) is 0.909. The lowest BCUT2D eigenvalue weighted by Crippen LogP contribution is -2.47. The summed E-state index contributed by atoms with van der Waals surface area (Å²) in [5.41, 5.74) is 1.62. The van der Waals surface area contributed by atoms with E-state index < -0.39 is 5.97 Å². The third-order valence-corrected chi connectivity index (χ3v) is 4.30. The van der Waals surface area contributed by atoms with Crippen molar-refractivity contribution < 1.29 is 9.90 Å². The summed E-state index contributed by atoms with van der Waals surface area (Å²) in [5, 5.41) is 13.2. The zero-order valence-corrected chi connectivity index (χ0v) is 11.9. The molecule has 0 bridgehead atoms. The molecule has 0 amide bonds. The number of carboxylic acid groups (broad SMARTS) is 1. The first-order valence-electron chi connectivity index (χ1n) is 6.62. The van der Waals surface area contributed by atoms with Crippen LogP contribution in [0.4, 0.5) is 0 Å². The van der Waals surface area contributed by atoms with Gasteiger partial charge in [-0.25, -0.2) is 9.78 Å². The molecule has 20 heavy (non-hydrogen) atoms. The molecule has 1 fully saturated rings. The van der Waals surface area contributed by atoms with E-state index in [2.05, 4.69) is 17.2 Å². The van der Waals surface area contributed by atoms with Gasteiger partial charge in [-0.1, -0.05) is 11.6 Å². The van der Waals surface area contributed by atoms with Gasteiger partial charge in [-0.05, 0) is 37.8 Å². The molecule has 0 aliphatic heterocycles. The topological polar surface area (TPSA) is 66.6 Å². The molecule has 3 rings (SSSR count). The van der Waals surface area contributed by atoms with Gasteiger partial charge in [-0.15, -0.1) is 0 Å². The summed E-state index contributed by atoms with van der Waals surface area (Å²) >= 11 is 6.04. The molecular weight excluding hydrogens is 278 g/mol. The van der Waals surface area contributed by atoms with Crippen LogP contribution in [0, 0.1) is 0 Å².